The summed E-state index contributed by atoms with van der Waals surface area (Å²) in [6.07, 6.45) is 1.14. The molecule has 2 aromatic rings. The molecule has 0 spiro atoms. The number of carbonyl (C=O) groups is 1. The zero-order valence-electron chi connectivity index (χ0n) is 9.16. The Kier molecular flexibility index (Phi) is 3.53. The number of H-pyrrole nitrogens is 1. The second-order valence-electron chi connectivity index (χ2n) is 3.39. The number of carboxylic acid groups (broad SMARTS) is 1. The summed E-state index contributed by atoms with van der Waals surface area (Å²) < 4.78 is 26.4. The number of aromatic amines is 1. The Morgan fingerprint density at radius 2 is 2.16 bits per heavy atom. The highest BCUT2D eigenvalue weighted by Gasteiger charge is 2.19. The van der Waals surface area contributed by atoms with E-state index in [2.05, 4.69) is 35.8 Å². The largest absolute Gasteiger partial charge is 0.478 e. The van der Waals surface area contributed by atoms with E-state index in [1.807, 2.05) is 0 Å². The Morgan fingerprint density at radius 1 is 1.42 bits per heavy atom. The van der Waals surface area contributed by atoms with Crippen LogP contribution < -0.4 is 4.72 Å². The molecule has 2 rings (SSSR count). The quantitative estimate of drug-likeness (QED) is 0.760. The van der Waals surface area contributed by atoms with Crippen LogP contribution in [0.1, 0.15) is 10.4 Å². The normalized spacial score (nSPS) is 11.2. The lowest BCUT2D eigenvalue weighted by Gasteiger charge is -2.06. The van der Waals surface area contributed by atoms with Gasteiger partial charge in [-0.05, 0) is 34.1 Å². The van der Waals surface area contributed by atoms with Crippen LogP contribution in [0, 0.1) is 0 Å². The molecule has 0 saturated heterocycles. The molecule has 1 heterocycles. The summed E-state index contributed by atoms with van der Waals surface area (Å²) in [5.74, 6) is -1.29. The van der Waals surface area contributed by atoms with E-state index in [9.17, 15) is 13.2 Å². The number of anilines is 1. The fourth-order valence-corrected chi connectivity index (χ4v) is 2.68. The first-order valence-electron chi connectivity index (χ1n) is 4.81. The zero-order valence-corrected chi connectivity index (χ0v) is 11.6. The summed E-state index contributed by atoms with van der Waals surface area (Å²) in [7, 11) is -3.92. The van der Waals surface area contributed by atoms with Gasteiger partial charge >= 0.3 is 5.97 Å². The first-order valence-corrected chi connectivity index (χ1v) is 7.09. The van der Waals surface area contributed by atoms with Crippen molar-refractivity contribution in [1.82, 2.24) is 15.2 Å². The summed E-state index contributed by atoms with van der Waals surface area (Å²) >= 11 is 3.03. The predicted molar refractivity (Wildman–Crippen MR) is 68.3 cm³/mol. The maximum absolute atomic E-state index is 12.0. The fourth-order valence-electron chi connectivity index (χ4n) is 1.28. The molecule has 0 bridgehead atoms. The van der Waals surface area contributed by atoms with Gasteiger partial charge in [-0.2, -0.15) is 10.1 Å². The minimum absolute atomic E-state index is 0.0557. The van der Waals surface area contributed by atoms with Crippen LogP contribution in [0.3, 0.4) is 0 Å². The Labute approximate surface area is 116 Å². The number of aromatic nitrogens is 3. The van der Waals surface area contributed by atoms with Gasteiger partial charge in [0.25, 0.3) is 10.0 Å². The van der Waals surface area contributed by atoms with Crippen molar-refractivity contribution in [1.29, 1.82) is 0 Å². The molecule has 100 valence electrons. The van der Waals surface area contributed by atoms with Crippen LogP contribution in [0.15, 0.2) is 33.9 Å². The number of hydrogen-bond donors (Lipinski definition) is 3. The number of benzene rings is 1. The van der Waals surface area contributed by atoms with E-state index in [-0.39, 0.29) is 16.4 Å². The Balaban J connectivity index is 2.41. The van der Waals surface area contributed by atoms with Crippen molar-refractivity contribution in [3.05, 3.63) is 34.6 Å². The molecule has 1 aromatic carbocycles. The third-order valence-electron chi connectivity index (χ3n) is 2.12. The average molecular weight is 347 g/mol. The van der Waals surface area contributed by atoms with E-state index < -0.39 is 16.0 Å². The van der Waals surface area contributed by atoms with Gasteiger partial charge in [-0.25, -0.2) is 23.0 Å². The van der Waals surface area contributed by atoms with Gasteiger partial charge in [0.1, 0.15) is 6.33 Å². The van der Waals surface area contributed by atoms with Gasteiger partial charge in [0.05, 0.1) is 10.5 Å². The van der Waals surface area contributed by atoms with Crippen LogP contribution in [0.2, 0.25) is 0 Å². The Hall–Kier alpha value is -1.94. The third-order valence-corrected chi connectivity index (χ3v) is 4.15. The highest BCUT2D eigenvalue weighted by Crippen LogP contribution is 2.22. The smallest absolute Gasteiger partial charge is 0.336 e. The molecule has 0 amide bonds. The Morgan fingerprint density at radius 3 is 2.74 bits per heavy atom. The molecular weight excluding hydrogens is 340 g/mol. The molecule has 19 heavy (non-hydrogen) atoms. The number of aromatic carboxylic acids is 1. The molecule has 0 aliphatic heterocycles. The summed E-state index contributed by atoms with van der Waals surface area (Å²) in [5, 5.41) is 14.8. The van der Waals surface area contributed by atoms with Crippen molar-refractivity contribution in [2.24, 2.45) is 0 Å². The molecule has 0 atom stereocenters. The van der Waals surface area contributed by atoms with Gasteiger partial charge in [0, 0.05) is 4.47 Å². The molecule has 0 unspecified atom stereocenters. The number of halogens is 1. The van der Waals surface area contributed by atoms with Crippen LogP contribution in [0.5, 0.6) is 0 Å². The van der Waals surface area contributed by atoms with E-state index in [1.54, 1.807) is 0 Å². The van der Waals surface area contributed by atoms with Crippen LogP contribution >= 0.6 is 15.9 Å². The van der Waals surface area contributed by atoms with Crippen LogP contribution in [0.25, 0.3) is 0 Å². The molecule has 1 aromatic heterocycles. The molecule has 0 aliphatic rings. The van der Waals surface area contributed by atoms with Crippen molar-refractivity contribution < 1.29 is 18.3 Å². The lowest BCUT2D eigenvalue weighted by Crippen LogP contribution is -2.15. The van der Waals surface area contributed by atoms with Crippen LogP contribution in [0.4, 0.5) is 5.95 Å². The SMILES string of the molecule is O=C(O)c1cc(S(=O)(=O)Nc2ncn[nH]2)ccc1Br. The predicted octanol–water partition coefficient (Wildman–Crippen LogP) is 1.07. The van der Waals surface area contributed by atoms with Crippen LogP contribution in [-0.4, -0.2) is 34.7 Å². The molecule has 8 nitrogen and oxygen atoms in total. The maximum Gasteiger partial charge on any atom is 0.336 e. The molecule has 3 N–H and O–H groups in total. The fraction of sp³-hybridized carbons (Fsp3) is 0. The molecule has 10 heteroatoms. The van der Waals surface area contributed by atoms with Crippen LogP contribution in [-0.2, 0) is 10.0 Å². The standard InChI is InChI=1S/C9H7BrN4O4S/c10-7-2-1-5(3-6(7)8(15)16)19(17,18)14-9-11-4-12-13-9/h1-4H,(H,15,16)(H2,11,12,13,14). The number of carboxylic acids is 1. The Bertz CT molecular complexity index is 714. The van der Waals surface area contributed by atoms with Crippen molar-refractivity contribution in [3.8, 4) is 0 Å². The third kappa shape index (κ3) is 2.90. The van der Waals surface area contributed by atoms with Crippen molar-refractivity contribution in [2.75, 3.05) is 4.72 Å². The molecular formula is C9H7BrN4O4S. The van der Waals surface area contributed by atoms with Gasteiger partial charge in [0.15, 0.2) is 0 Å². The highest BCUT2D eigenvalue weighted by molar-refractivity contribution is 9.10. The molecule has 0 fully saturated rings. The minimum atomic E-state index is -3.92. The van der Waals surface area contributed by atoms with Crippen molar-refractivity contribution >= 4 is 37.9 Å². The number of nitrogens with one attached hydrogen (secondary N) is 2. The lowest BCUT2D eigenvalue weighted by atomic mass is 10.2. The van der Waals surface area contributed by atoms with Crippen molar-refractivity contribution in [3.63, 3.8) is 0 Å². The number of sulfonamides is 1. The van der Waals surface area contributed by atoms with Gasteiger partial charge < -0.3 is 5.11 Å². The lowest BCUT2D eigenvalue weighted by molar-refractivity contribution is 0.0695. The van der Waals surface area contributed by atoms with Gasteiger partial charge in [-0.1, -0.05) is 0 Å². The number of hydrogen-bond acceptors (Lipinski definition) is 5. The molecule has 0 aliphatic carbocycles. The van der Waals surface area contributed by atoms with E-state index >= 15 is 0 Å². The summed E-state index contributed by atoms with van der Waals surface area (Å²) in [6.45, 7) is 0. The highest BCUT2D eigenvalue weighted by atomic mass is 79.9. The van der Waals surface area contributed by atoms with E-state index in [0.717, 1.165) is 12.4 Å². The zero-order chi connectivity index (χ0) is 14.0. The maximum atomic E-state index is 12.0. The van der Waals surface area contributed by atoms with E-state index in [1.165, 1.54) is 12.1 Å². The van der Waals surface area contributed by atoms with Crippen molar-refractivity contribution in [2.45, 2.75) is 4.90 Å². The first kappa shape index (κ1) is 13.5. The number of nitrogens with zero attached hydrogens (tertiary/aromatic N) is 2. The average Bonchev–Trinajstić information content (AvgIpc) is 2.80. The van der Waals surface area contributed by atoms with E-state index in [4.69, 9.17) is 5.11 Å². The number of rotatable bonds is 4. The summed E-state index contributed by atoms with van der Waals surface area (Å²) in [4.78, 5) is 14.4. The second-order valence-corrected chi connectivity index (χ2v) is 5.92. The minimum Gasteiger partial charge on any atom is -0.478 e. The van der Waals surface area contributed by atoms with Gasteiger partial charge in [-0.3, -0.25) is 0 Å². The topological polar surface area (TPSA) is 125 Å². The monoisotopic (exact) mass is 346 g/mol. The molecule has 0 radical (unpaired) electrons. The van der Waals surface area contributed by atoms with Gasteiger partial charge in [0.2, 0.25) is 5.95 Å². The molecule has 0 saturated carbocycles. The van der Waals surface area contributed by atoms with E-state index in [0.29, 0.717) is 4.47 Å². The summed E-state index contributed by atoms with van der Waals surface area (Å²) in [6, 6.07) is 3.67. The summed E-state index contributed by atoms with van der Waals surface area (Å²) in [5.41, 5.74) is -0.152. The van der Waals surface area contributed by atoms with Gasteiger partial charge in [-0.15, -0.1) is 0 Å². The second kappa shape index (κ2) is 4.97. The first-order chi connectivity index (χ1) is 8.90.